The van der Waals surface area contributed by atoms with E-state index in [-0.39, 0.29) is 0 Å². The molecular formula is C28H28BrN. The van der Waals surface area contributed by atoms with E-state index >= 15 is 0 Å². The number of halogens is 1. The highest BCUT2D eigenvalue weighted by atomic mass is 79.9. The molecule has 0 saturated carbocycles. The Morgan fingerprint density at radius 1 is 0.533 bits per heavy atom. The van der Waals surface area contributed by atoms with E-state index in [9.17, 15) is 0 Å². The van der Waals surface area contributed by atoms with Crippen molar-refractivity contribution < 1.29 is 0 Å². The van der Waals surface area contributed by atoms with Crippen LogP contribution in [0, 0.1) is 0 Å². The molecule has 2 heteroatoms. The molecule has 0 N–H and O–H groups in total. The predicted molar refractivity (Wildman–Crippen MR) is 137 cm³/mol. The summed E-state index contributed by atoms with van der Waals surface area (Å²) < 4.78 is 3.44. The van der Waals surface area contributed by atoms with Crippen molar-refractivity contribution in [2.24, 2.45) is 0 Å². The number of hydrogen-bond donors (Lipinski definition) is 0. The van der Waals surface area contributed by atoms with E-state index < -0.39 is 0 Å². The summed E-state index contributed by atoms with van der Waals surface area (Å²) in [6, 6.07) is 34.4. The van der Waals surface area contributed by atoms with Gasteiger partial charge in [0, 0.05) is 20.9 Å². The van der Waals surface area contributed by atoms with Crippen molar-refractivity contribution in [3.8, 4) is 16.8 Å². The SMILES string of the molecule is Brc1ccc(-c2ccc3c(c2)c2ccccc2n3-c2ccccc2)cc1.CC.CC. The summed E-state index contributed by atoms with van der Waals surface area (Å²) >= 11 is 3.52. The lowest BCUT2D eigenvalue weighted by Gasteiger charge is -2.08. The molecule has 0 saturated heterocycles. The summed E-state index contributed by atoms with van der Waals surface area (Å²) in [4.78, 5) is 0. The Hall–Kier alpha value is -2.84. The van der Waals surface area contributed by atoms with Crippen LogP contribution in [0.15, 0.2) is 102 Å². The zero-order valence-corrected chi connectivity index (χ0v) is 19.6. The van der Waals surface area contributed by atoms with E-state index in [0.29, 0.717) is 0 Å². The second-order valence-corrected chi connectivity index (χ2v) is 7.34. The molecule has 0 radical (unpaired) electrons. The third-order valence-corrected chi connectivity index (χ3v) is 5.39. The molecule has 30 heavy (non-hydrogen) atoms. The normalized spacial score (nSPS) is 10.2. The first-order valence-electron chi connectivity index (χ1n) is 10.7. The van der Waals surface area contributed by atoms with E-state index in [1.165, 1.54) is 38.6 Å². The minimum Gasteiger partial charge on any atom is -0.309 e. The molecule has 4 aromatic carbocycles. The molecular weight excluding hydrogens is 430 g/mol. The Balaban J connectivity index is 0.000000606. The second kappa shape index (κ2) is 10.3. The zero-order chi connectivity index (χ0) is 21.5. The van der Waals surface area contributed by atoms with Gasteiger partial charge in [0.25, 0.3) is 0 Å². The summed E-state index contributed by atoms with van der Waals surface area (Å²) in [5, 5.41) is 2.56. The van der Waals surface area contributed by atoms with Crippen molar-refractivity contribution >= 4 is 37.7 Å². The highest BCUT2D eigenvalue weighted by Gasteiger charge is 2.12. The van der Waals surface area contributed by atoms with Gasteiger partial charge in [0.05, 0.1) is 11.0 Å². The van der Waals surface area contributed by atoms with Crippen molar-refractivity contribution in [1.29, 1.82) is 0 Å². The molecule has 5 aromatic rings. The lowest BCUT2D eigenvalue weighted by molar-refractivity contribution is 1.18. The summed E-state index contributed by atoms with van der Waals surface area (Å²) in [6.45, 7) is 8.00. The lowest BCUT2D eigenvalue weighted by atomic mass is 10.0. The van der Waals surface area contributed by atoms with Crippen LogP contribution in [-0.4, -0.2) is 4.57 Å². The van der Waals surface area contributed by atoms with Crippen LogP contribution in [0.4, 0.5) is 0 Å². The molecule has 0 fully saturated rings. The third kappa shape index (κ3) is 4.20. The number of aromatic nitrogens is 1. The molecule has 0 aliphatic heterocycles. The molecule has 1 aromatic heterocycles. The molecule has 0 amide bonds. The Bertz CT molecular complexity index is 1220. The largest absolute Gasteiger partial charge is 0.309 e. The van der Waals surface area contributed by atoms with Gasteiger partial charge in [-0.15, -0.1) is 0 Å². The molecule has 1 heterocycles. The van der Waals surface area contributed by atoms with Crippen LogP contribution >= 0.6 is 15.9 Å². The van der Waals surface area contributed by atoms with Gasteiger partial charge in [0.2, 0.25) is 0 Å². The predicted octanol–water partition coefficient (Wildman–Crippen LogP) is 9.27. The van der Waals surface area contributed by atoms with Crippen molar-refractivity contribution in [2.45, 2.75) is 27.7 Å². The van der Waals surface area contributed by atoms with Gasteiger partial charge in [-0.3, -0.25) is 0 Å². The van der Waals surface area contributed by atoms with Crippen molar-refractivity contribution in [3.63, 3.8) is 0 Å². The zero-order valence-electron chi connectivity index (χ0n) is 18.1. The van der Waals surface area contributed by atoms with Gasteiger partial charge in [-0.05, 0) is 53.6 Å². The maximum absolute atomic E-state index is 3.52. The van der Waals surface area contributed by atoms with E-state index in [1.807, 2.05) is 27.7 Å². The van der Waals surface area contributed by atoms with Crippen LogP contribution in [-0.2, 0) is 0 Å². The van der Waals surface area contributed by atoms with Crippen LogP contribution in [0.1, 0.15) is 27.7 Å². The number of rotatable bonds is 2. The second-order valence-electron chi connectivity index (χ2n) is 6.43. The fourth-order valence-corrected chi connectivity index (χ4v) is 3.91. The fourth-order valence-electron chi connectivity index (χ4n) is 3.65. The number of hydrogen-bond acceptors (Lipinski definition) is 0. The number of fused-ring (bicyclic) bond motifs is 3. The molecule has 0 bridgehead atoms. The summed E-state index contributed by atoms with van der Waals surface area (Å²) in [5.74, 6) is 0. The highest BCUT2D eigenvalue weighted by molar-refractivity contribution is 9.10. The standard InChI is InChI=1S/C24H16BrN.2C2H6/c25-19-13-10-17(11-14-19)18-12-15-24-22(16-18)21-8-4-5-9-23(21)26(24)20-6-2-1-3-7-20;2*1-2/h1-16H;2*1-2H3. The minimum absolute atomic E-state index is 1.10. The van der Waals surface area contributed by atoms with Gasteiger partial charge in [-0.1, -0.05) is 98.2 Å². The molecule has 0 atom stereocenters. The maximum atomic E-state index is 3.52. The van der Waals surface area contributed by atoms with Gasteiger partial charge in [-0.25, -0.2) is 0 Å². The Kier molecular flexibility index (Phi) is 7.48. The first-order chi connectivity index (χ1) is 14.8. The maximum Gasteiger partial charge on any atom is 0.0541 e. The Labute approximate surface area is 188 Å². The molecule has 0 unspecified atom stereocenters. The summed E-state index contributed by atoms with van der Waals surface area (Å²) in [7, 11) is 0. The first kappa shape index (κ1) is 21.9. The first-order valence-corrected chi connectivity index (χ1v) is 11.5. The topological polar surface area (TPSA) is 4.93 Å². The summed E-state index contributed by atoms with van der Waals surface area (Å²) in [5.41, 5.74) is 6.13. The van der Waals surface area contributed by atoms with Gasteiger partial charge in [0.15, 0.2) is 0 Å². The minimum atomic E-state index is 1.10. The van der Waals surface area contributed by atoms with Crippen LogP contribution in [0.3, 0.4) is 0 Å². The lowest BCUT2D eigenvalue weighted by Crippen LogP contribution is -1.92. The fraction of sp³-hybridized carbons (Fsp3) is 0.143. The van der Waals surface area contributed by atoms with Crippen LogP contribution in [0.5, 0.6) is 0 Å². The molecule has 5 rings (SSSR count). The summed E-state index contributed by atoms with van der Waals surface area (Å²) in [6.07, 6.45) is 0. The molecule has 0 aliphatic carbocycles. The van der Waals surface area contributed by atoms with E-state index in [2.05, 4.69) is 118 Å². The quantitative estimate of drug-likeness (QED) is 0.248. The molecule has 1 nitrogen and oxygen atoms in total. The molecule has 0 aliphatic rings. The van der Waals surface area contributed by atoms with E-state index in [0.717, 1.165) is 4.47 Å². The van der Waals surface area contributed by atoms with Gasteiger partial charge in [0.1, 0.15) is 0 Å². The highest BCUT2D eigenvalue weighted by Crippen LogP contribution is 2.34. The van der Waals surface area contributed by atoms with Gasteiger partial charge in [-0.2, -0.15) is 0 Å². The Morgan fingerprint density at radius 2 is 1.10 bits per heavy atom. The van der Waals surface area contributed by atoms with E-state index in [4.69, 9.17) is 0 Å². The Morgan fingerprint density at radius 3 is 1.80 bits per heavy atom. The van der Waals surface area contributed by atoms with Crippen molar-refractivity contribution in [2.75, 3.05) is 0 Å². The van der Waals surface area contributed by atoms with Crippen LogP contribution < -0.4 is 0 Å². The number of para-hydroxylation sites is 2. The number of nitrogens with zero attached hydrogens (tertiary/aromatic N) is 1. The monoisotopic (exact) mass is 457 g/mol. The average molecular weight is 458 g/mol. The van der Waals surface area contributed by atoms with Crippen molar-refractivity contribution in [3.05, 3.63) is 102 Å². The average Bonchev–Trinajstić information content (AvgIpc) is 3.16. The number of benzene rings is 4. The van der Waals surface area contributed by atoms with Gasteiger partial charge >= 0.3 is 0 Å². The van der Waals surface area contributed by atoms with Crippen LogP contribution in [0.25, 0.3) is 38.6 Å². The molecule has 152 valence electrons. The van der Waals surface area contributed by atoms with Crippen LogP contribution in [0.2, 0.25) is 0 Å². The smallest absolute Gasteiger partial charge is 0.0541 e. The van der Waals surface area contributed by atoms with Crippen molar-refractivity contribution in [1.82, 2.24) is 4.57 Å². The third-order valence-electron chi connectivity index (χ3n) is 4.86. The van der Waals surface area contributed by atoms with E-state index in [1.54, 1.807) is 0 Å². The van der Waals surface area contributed by atoms with Gasteiger partial charge < -0.3 is 4.57 Å². The molecule has 0 spiro atoms.